The summed E-state index contributed by atoms with van der Waals surface area (Å²) in [5.41, 5.74) is -0.680. The molecule has 0 saturated heterocycles. The van der Waals surface area contributed by atoms with E-state index in [1.54, 1.807) is 34.6 Å². The van der Waals surface area contributed by atoms with Crippen LogP contribution in [0, 0.1) is 11.8 Å². The number of hydrogen-bond acceptors (Lipinski definition) is 7. The minimum atomic E-state index is -0.815. The Balaban J connectivity index is 4.90. The highest BCUT2D eigenvalue weighted by Crippen LogP contribution is 2.13. The van der Waals surface area contributed by atoms with Crippen molar-refractivity contribution in [2.45, 2.75) is 131 Å². The van der Waals surface area contributed by atoms with Gasteiger partial charge in [-0.15, -0.1) is 0 Å². The summed E-state index contributed by atoms with van der Waals surface area (Å²) in [5.74, 6) is -0.767. The van der Waals surface area contributed by atoms with E-state index in [2.05, 4.69) is 21.3 Å². The van der Waals surface area contributed by atoms with Gasteiger partial charge in [-0.2, -0.15) is 0 Å². The summed E-state index contributed by atoms with van der Waals surface area (Å²) in [5, 5.41) is 11.1. The Bertz CT molecular complexity index is 808. The monoisotopic (exact) mass is 556 g/mol. The smallest absolute Gasteiger partial charge is 0.408 e. The van der Waals surface area contributed by atoms with Crippen molar-refractivity contribution in [2.24, 2.45) is 11.8 Å². The lowest BCUT2D eigenvalue weighted by Crippen LogP contribution is -2.50. The number of esters is 1. The van der Waals surface area contributed by atoms with Crippen molar-refractivity contribution in [2.75, 3.05) is 7.11 Å². The van der Waals surface area contributed by atoms with E-state index in [-0.39, 0.29) is 54.5 Å². The molecular formula is C28H52N4O7. The van der Waals surface area contributed by atoms with Gasteiger partial charge in [0.15, 0.2) is 0 Å². The maximum Gasteiger partial charge on any atom is 0.408 e. The summed E-state index contributed by atoms with van der Waals surface area (Å²) in [7, 11) is 1.33. The summed E-state index contributed by atoms with van der Waals surface area (Å²) in [6.07, 6.45) is 1.79. The molecule has 4 atom stereocenters. The maximum absolute atomic E-state index is 12.7. The third-order valence-electron chi connectivity index (χ3n) is 5.75. The average molecular weight is 557 g/mol. The molecule has 4 N–H and O–H groups in total. The SMILES string of the molecule is COC(=O)CC[C@H](CC(C)C)NC(=O)[C@H](C)NC(=O)CC[C@H](CC(C)C)NC(=O)[C@H](C)NC(=O)OC(C)(C)C. The fraction of sp³-hybridized carbons (Fsp3) is 0.821. The quantitative estimate of drug-likeness (QED) is 0.213. The Kier molecular flexibility index (Phi) is 16.4. The Morgan fingerprint density at radius 2 is 1.10 bits per heavy atom. The number of hydrogen-bond donors (Lipinski definition) is 4. The van der Waals surface area contributed by atoms with Gasteiger partial charge in [0.2, 0.25) is 17.7 Å². The Morgan fingerprint density at radius 3 is 1.51 bits per heavy atom. The van der Waals surface area contributed by atoms with E-state index >= 15 is 0 Å². The first kappa shape index (κ1) is 36.1. The molecule has 0 fully saturated rings. The Morgan fingerprint density at radius 1 is 0.667 bits per heavy atom. The molecule has 0 aromatic rings. The van der Waals surface area contributed by atoms with Gasteiger partial charge in [-0.25, -0.2) is 4.79 Å². The minimum Gasteiger partial charge on any atom is -0.469 e. The molecule has 0 aromatic carbocycles. The topological polar surface area (TPSA) is 152 Å². The second-order valence-electron chi connectivity index (χ2n) is 12.0. The van der Waals surface area contributed by atoms with E-state index in [4.69, 9.17) is 9.47 Å². The molecule has 0 aliphatic carbocycles. The van der Waals surface area contributed by atoms with Gasteiger partial charge in [0, 0.05) is 24.9 Å². The summed E-state index contributed by atoms with van der Waals surface area (Å²) in [6.45, 7) is 16.5. The predicted molar refractivity (Wildman–Crippen MR) is 150 cm³/mol. The molecule has 226 valence electrons. The standard InChI is InChI=1S/C28H52N4O7/c1-17(2)15-21(31-26(36)20(6)30-27(37)39-28(7,8)9)11-13-23(33)29-19(5)25(35)32-22(16-18(3)4)12-14-24(34)38-10/h17-22H,11-16H2,1-10H3,(H,29,33)(H,30,37)(H,31,36)(H,32,35)/t19-,20-,21+,22+/m0/s1. The fourth-order valence-corrected chi connectivity index (χ4v) is 3.92. The van der Waals surface area contributed by atoms with Crippen LogP contribution in [-0.2, 0) is 28.7 Å². The van der Waals surface area contributed by atoms with Crippen molar-refractivity contribution in [1.29, 1.82) is 0 Å². The molecule has 0 aliphatic rings. The molecule has 11 heteroatoms. The highest BCUT2D eigenvalue weighted by atomic mass is 16.6. The molecule has 0 rings (SSSR count). The van der Waals surface area contributed by atoms with Crippen molar-refractivity contribution in [3.63, 3.8) is 0 Å². The number of methoxy groups -OCH3 is 1. The average Bonchev–Trinajstić information content (AvgIpc) is 2.78. The van der Waals surface area contributed by atoms with Crippen molar-refractivity contribution in [3.8, 4) is 0 Å². The molecule has 0 heterocycles. The van der Waals surface area contributed by atoms with E-state index in [1.165, 1.54) is 7.11 Å². The first-order chi connectivity index (χ1) is 17.9. The molecule has 0 aromatic heterocycles. The van der Waals surface area contributed by atoms with Crippen LogP contribution in [-0.4, -0.2) is 66.7 Å². The van der Waals surface area contributed by atoms with E-state index in [1.807, 2.05) is 27.7 Å². The van der Waals surface area contributed by atoms with E-state index in [0.717, 1.165) is 0 Å². The number of rotatable bonds is 16. The second kappa shape index (κ2) is 17.7. The molecule has 0 radical (unpaired) electrons. The first-order valence-electron chi connectivity index (χ1n) is 13.9. The van der Waals surface area contributed by atoms with Crippen LogP contribution in [0.5, 0.6) is 0 Å². The van der Waals surface area contributed by atoms with E-state index in [0.29, 0.717) is 31.6 Å². The molecular weight excluding hydrogens is 504 g/mol. The number of nitrogens with one attached hydrogen (secondary N) is 4. The van der Waals surface area contributed by atoms with Crippen molar-refractivity contribution >= 4 is 29.8 Å². The lowest BCUT2D eigenvalue weighted by atomic mass is 9.98. The van der Waals surface area contributed by atoms with Gasteiger partial charge in [0.05, 0.1) is 7.11 Å². The number of alkyl carbamates (subject to hydrolysis) is 1. The van der Waals surface area contributed by atoms with Gasteiger partial charge in [0.25, 0.3) is 0 Å². The van der Waals surface area contributed by atoms with Crippen LogP contribution in [0.3, 0.4) is 0 Å². The van der Waals surface area contributed by atoms with Crippen molar-refractivity contribution < 1.29 is 33.4 Å². The molecule has 0 bridgehead atoms. The molecule has 0 saturated carbocycles. The normalized spacial score (nSPS) is 14.6. The van der Waals surface area contributed by atoms with E-state index in [9.17, 15) is 24.0 Å². The first-order valence-corrected chi connectivity index (χ1v) is 13.9. The zero-order valence-electron chi connectivity index (χ0n) is 25.6. The summed E-state index contributed by atoms with van der Waals surface area (Å²) in [6, 6.07) is -2.08. The zero-order valence-corrected chi connectivity index (χ0v) is 25.6. The van der Waals surface area contributed by atoms with Gasteiger partial charge >= 0.3 is 12.1 Å². The zero-order chi connectivity index (χ0) is 30.3. The Hall–Kier alpha value is -2.85. The molecule has 4 amide bonds. The number of carbonyl (C=O) groups is 5. The van der Waals surface area contributed by atoms with Gasteiger partial charge in [0.1, 0.15) is 17.7 Å². The van der Waals surface area contributed by atoms with Gasteiger partial charge in [-0.3, -0.25) is 19.2 Å². The molecule has 0 aliphatic heterocycles. The molecule has 0 unspecified atom stereocenters. The third kappa shape index (κ3) is 18.1. The van der Waals surface area contributed by atoms with Gasteiger partial charge in [-0.1, -0.05) is 27.7 Å². The van der Waals surface area contributed by atoms with Crippen LogP contribution in [0.4, 0.5) is 4.79 Å². The summed E-state index contributed by atoms with van der Waals surface area (Å²) in [4.78, 5) is 61.5. The van der Waals surface area contributed by atoms with Crippen LogP contribution in [0.1, 0.15) is 101 Å². The fourth-order valence-electron chi connectivity index (χ4n) is 3.92. The highest BCUT2D eigenvalue weighted by molar-refractivity contribution is 5.88. The third-order valence-corrected chi connectivity index (χ3v) is 5.75. The van der Waals surface area contributed by atoms with Gasteiger partial charge < -0.3 is 30.7 Å². The van der Waals surface area contributed by atoms with Crippen LogP contribution in [0.25, 0.3) is 0 Å². The maximum atomic E-state index is 12.7. The molecule has 11 nitrogen and oxygen atoms in total. The predicted octanol–water partition coefficient (Wildman–Crippen LogP) is 3.20. The Labute approximate surface area is 234 Å². The van der Waals surface area contributed by atoms with Crippen LogP contribution in [0.2, 0.25) is 0 Å². The second-order valence-corrected chi connectivity index (χ2v) is 12.0. The molecule has 0 spiro atoms. The lowest BCUT2D eigenvalue weighted by Gasteiger charge is -2.25. The summed E-state index contributed by atoms with van der Waals surface area (Å²) < 4.78 is 9.89. The van der Waals surface area contributed by atoms with Crippen LogP contribution < -0.4 is 21.3 Å². The number of amides is 4. The van der Waals surface area contributed by atoms with Crippen LogP contribution in [0.15, 0.2) is 0 Å². The number of carbonyl (C=O) groups excluding carboxylic acids is 5. The van der Waals surface area contributed by atoms with Gasteiger partial charge in [-0.05, 0) is 72.1 Å². The van der Waals surface area contributed by atoms with Crippen molar-refractivity contribution in [1.82, 2.24) is 21.3 Å². The summed E-state index contributed by atoms with van der Waals surface area (Å²) >= 11 is 0. The number of ether oxygens (including phenoxy) is 2. The van der Waals surface area contributed by atoms with Crippen molar-refractivity contribution in [3.05, 3.63) is 0 Å². The highest BCUT2D eigenvalue weighted by Gasteiger charge is 2.25. The minimum absolute atomic E-state index is 0.112. The largest absolute Gasteiger partial charge is 0.469 e. The van der Waals surface area contributed by atoms with E-state index < -0.39 is 23.8 Å². The van der Waals surface area contributed by atoms with Crippen LogP contribution >= 0.6 is 0 Å². The molecule has 39 heavy (non-hydrogen) atoms. The lowest BCUT2D eigenvalue weighted by molar-refractivity contribution is -0.141.